The van der Waals surface area contributed by atoms with E-state index in [0.717, 1.165) is 12.8 Å². The third-order valence-corrected chi connectivity index (χ3v) is 10.3. The topological polar surface area (TPSA) is 175 Å². The van der Waals surface area contributed by atoms with Crippen molar-refractivity contribution in [2.24, 2.45) is 39.8 Å². The first-order chi connectivity index (χ1) is 21.7. The molecule has 6 atom stereocenters. The van der Waals surface area contributed by atoms with Gasteiger partial charge in [-0.2, -0.15) is 0 Å². The Kier molecular flexibility index (Phi) is 11.6. The van der Waals surface area contributed by atoms with Gasteiger partial charge >= 0.3 is 7.12 Å². The number of guanidine groups is 1. The molecule has 1 heterocycles. The van der Waals surface area contributed by atoms with Gasteiger partial charge in [-0.1, -0.05) is 63.5 Å². The Labute approximate surface area is 272 Å². The molecule has 0 radical (unpaired) electrons. The molecule has 0 unspecified atom stereocenters. The van der Waals surface area contributed by atoms with E-state index >= 15 is 0 Å². The van der Waals surface area contributed by atoms with E-state index in [4.69, 9.17) is 15.0 Å². The van der Waals surface area contributed by atoms with Crippen molar-refractivity contribution in [2.75, 3.05) is 6.54 Å². The number of hydrogen-bond acceptors (Lipinski definition) is 8. The van der Waals surface area contributed by atoms with Crippen molar-refractivity contribution in [1.82, 2.24) is 10.7 Å². The number of carbonyl (C=O) groups excluding carboxylic acids is 3. The summed E-state index contributed by atoms with van der Waals surface area (Å²) in [7, 11) is -0.588. The summed E-state index contributed by atoms with van der Waals surface area (Å²) in [4.78, 5) is 54.0. The largest absolute Gasteiger partial charge is 0.481 e. The number of aliphatic imine (C=N–C) groups is 1. The molecule has 2 bridgehead atoms. The smallest absolute Gasteiger partial charge is 0.404 e. The fraction of sp³-hybridized carbons (Fsp3) is 0.697. The maximum Gasteiger partial charge on any atom is 0.481 e. The first kappa shape index (κ1) is 35.5. The number of nitrogens with one attached hydrogen (secondary N) is 2. The number of Topliss-reactive ketones (excluding diaryl/α,β-unsaturated/α-hetero) is 2. The highest BCUT2D eigenvalue weighted by molar-refractivity contribution is 6.47. The van der Waals surface area contributed by atoms with E-state index in [1.807, 2.05) is 6.07 Å². The molecule has 12 nitrogen and oxygen atoms in total. The van der Waals surface area contributed by atoms with Crippen LogP contribution < -0.4 is 16.5 Å². The number of nitro groups is 1. The predicted octanol–water partition coefficient (Wildman–Crippen LogP) is 4.29. The van der Waals surface area contributed by atoms with Crippen molar-refractivity contribution in [3.8, 4) is 0 Å². The molecule has 3 aliphatic carbocycles. The van der Waals surface area contributed by atoms with Crippen LogP contribution in [0.3, 0.4) is 0 Å². The van der Waals surface area contributed by atoms with Gasteiger partial charge in [-0.15, -0.1) is 0 Å². The number of benzene rings is 1. The second kappa shape index (κ2) is 15.1. The molecule has 0 aromatic heterocycles. The number of rotatable bonds is 17. The zero-order valence-corrected chi connectivity index (χ0v) is 27.8. The van der Waals surface area contributed by atoms with Gasteiger partial charge in [0.1, 0.15) is 5.78 Å². The number of nitrogens with zero attached hydrogens (tertiary/aromatic N) is 2. The lowest BCUT2D eigenvalue weighted by molar-refractivity contribution is -0.525. The standard InChI is InChI=1S/C33H50BN5O7/c1-21(2)17-29(34-45-28-20-24-19-27(32(24,3)4)33(28,5)46-34)37-30(42)23(13-10-16-36-31(35)38-39(43)44)18-25(40)14-9-15-26(41)22-11-7-6-8-12-22/h6-8,11-12,21,23-24,27-29H,9-10,13-20H2,1-5H3,(H,37,42)(H3,35,36,38)/t23-,24-,27-,28-,29+,33+/m1/s1. The van der Waals surface area contributed by atoms with Crippen molar-refractivity contribution in [3.63, 3.8) is 0 Å². The van der Waals surface area contributed by atoms with Crippen molar-refractivity contribution in [2.45, 2.75) is 110 Å². The monoisotopic (exact) mass is 639 g/mol. The van der Waals surface area contributed by atoms with Gasteiger partial charge in [0, 0.05) is 37.3 Å². The third kappa shape index (κ3) is 8.53. The number of hydrazine groups is 1. The van der Waals surface area contributed by atoms with Crippen LogP contribution in [0.5, 0.6) is 0 Å². The molecule has 5 rings (SSSR count). The summed E-state index contributed by atoms with van der Waals surface area (Å²) in [6, 6.07) is 8.96. The molecule has 46 heavy (non-hydrogen) atoms. The Morgan fingerprint density at radius 3 is 2.50 bits per heavy atom. The molecule has 13 heteroatoms. The molecule has 1 saturated heterocycles. The molecule has 0 spiro atoms. The van der Waals surface area contributed by atoms with Gasteiger partial charge in [0.15, 0.2) is 10.8 Å². The lowest BCUT2D eigenvalue weighted by Gasteiger charge is -2.64. The Morgan fingerprint density at radius 1 is 1.13 bits per heavy atom. The van der Waals surface area contributed by atoms with Crippen LogP contribution in [0.25, 0.3) is 0 Å². The Morgan fingerprint density at radius 2 is 1.85 bits per heavy atom. The highest BCUT2D eigenvalue weighted by atomic mass is 16.7. The maximum atomic E-state index is 13.8. The van der Waals surface area contributed by atoms with Crippen LogP contribution in [0.1, 0.15) is 103 Å². The van der Waals surface area contributed by atoms with Crippen LogP contribution in [0, 0.1) is 39.2 Å². The SMILES string of the molecule is CC(C)C[C@H](NC(=O)[C@H](CCCN=C(N)N[N+](=O)[O-])CC(=O)CCCC(=O)c1ccccc1)B1O[C@@H]2C[C@H]3C[C@H](C3(C)C)[C@]2(C)O1. The van der Waals surface area contributed by atoms with Crippen LogP contribution in [0.4, 0.5) is 0 Å². The normalized spacial score (nSPS) is 26.1. The van der Waals surface area contributed by atoms with Gasteiger partial charge in [0.2, 0.25) is 5.91 Å². The Balaban J connectivity index is 1.40. The van der Waals surface area contributed by atoms with E-state index in [9.17, 15) is 24.5 Å². The predicted molar refractivity (Wildman–Crippen MR) is 175 cm³/mol. The number of amides is 1. The average Bonchev–Trinajstić information content (AvgIpc) is 3.35. The summed E-state index contributed by atoms with van der Waals surface area (Å²) >= 11 is 0. The second-order valence-electron chi connectivity index (χ2n) is 14.4. The van der Waals surface area contributed by atoms with Crippen molar-refractivity contribution in [3.05, 3.63) is 46.0 Å². The second-order valence-corrected chi connectivity index (χ2v) is 14.4. The summed E-state index contributed by atoms with van der Waals surface area (Å²) in [5.41, 5.74) is 7.73. The zero-order valence-electron chi connectivity index (χ0n) is 27.8. The van der Waals surface area contributed by atoms with E-state index in [1.54, 1.807) is 29.7 Å². The van der Waals surface area contributed by atoms with Gasteiger partial charge in [0.05, 0.1) is 17.6 Å². The fourth-order valence-corrected chi connectivity index (χ4v) is 7.70. The highest BCUT2D eigenvalue weighted by Crippen LogP contribution is 2.65. The van der Waals surface area contributed by atoms with Gasteiger partial charge in [-0.3, -0.25) is 14.4 Å². The molecular formula is C33H50BN5O7. The van der Waals surface area contributed by atoms with Crippen LogP contribution >= 0.6 is 0 Å². The average molecular weight is 640 g/mol. The van der Waals surface area contributed by atoms with E-state index in [2.05, 4.69) is 44.9 Å². The van der Waals surface area contributed by atoms with Crippen molar-refractivity contribution >= 4 is 30.6 Å². The van der Waals surface area contributed by atoms with Crippen LogP contribution in [-0.2, 0) is 18.9 Å². The van der Waals surface area contributed by atoms with Gasteiger partial charge in [-0.05, 0) is 68.6 Å². The lowest BCUT2D eigenvalue weighted by Crippen LogP contribution is -2.65. The summed E-state index contributed by atoms with van der Waals surface area (Å²) in [5.74, 6) is -0.518. The molecule has 1 aliphatic heterocycles. The number of ketones is 2. The summed E-state index contributed by atoms with van der Waals surface area (Å²) < 4.78 is 13.2. The van der Waals surface area contributed by atoms with Crippen LogP contribution in [-0.4, -0.2) is 59.8 Å². The molecular weight excluding hydrogens is 589 g/mol. The Hall–Kier alpha value is -3.32. The number of carbonyl (C=O) groups is 3. The Bertz CT molecular complexity index is 1290. The van der Waals surface area contributed by atoms with E-state index in [-0.39, 0.29) is 66.7 Å². The van der Waals surface area contributed by atoms with E-state index in [0.29, 0.717) is 43.1 Å². The molecule has 1 aromatic carbocycles. The third-order valence-electron chi connectivity index (χ3n) is 10.3. The molecule has 4 N–H and O–H groups in total. The van der Waals surface area contributed by atoms with E-state index < -0.39 is 29.6 Å². The van der Waals surface area contributed by atoms with Crippen LogP contribution in [0.2, 0.25) is 0 Å². The van der Waals surface area contributed by atoms with Crippen molar-refractivity contribution < 1.29 is 28.7 Å². The van der Waals surface area contributed by atoms with Crippen molar-refractivity contribution in [1.29, 1.82) is 0 Å². The number of hydrogen-bond donors (Lipinski definition) is 3. The minimum absolute atomic E-state index is 0.0107. The van der Waals surface area contributed by atoms with Gasteiger partial charge in [0.25, 0.3) is 5.96 Å². The lowest BCUT2D eigenvalue weighted by atomic mass is 9.43. The maximum absolute atomic E-state index is 13.8. The minimum Gasteiger partial charge on any atom is -0.404 e. The van der Waals surface area contributed by atoms with Gasteiger partial charge < -0.3 is 20.4 Å². The molecule has 252 valence electrons. The molecule has 4 fully saturated rings. The zero-order chi connectivity index (χ0) is 33.6. The molecule has 4 aliphatic rings. The number of nitrogens with two attached hydrogens (primary N) is 1. The summed E-state index contributed by atoms with van der Waals surface area (Å²) in [6.07, 6.45) is 4.25. The summed E-state index contributed by atoms with van der Waals surface area (Å²) in [6.45, 7) is 11.1. The summed E-state index contributed by atoms with van der Waals surface area (Å²) in [5, 5.41) is 13.0. The van der Waals surface area contributed by atoms with Gasteiger partial charge in [-0.25, -0.2) is 15.1 Å². The first-order valence-corrected chi connectivity index (χ1v) is 16.6. The fourth-order valence-electron chi connectivity index (χ4n) is 7.70. The molecule has 3 saturated carbocycles. The highest BCUT2D eigenvalue weighted by Gasteiger charge is 2.68. The van der Waals surface area contributed by atoms with E-state index in [1.165, 1.54) is 0 Å². The first-order valence-electron chi connectivity index (χ1n) is 16.6. The quantitative estimate of drug-likeness (QED) is 0.0427. The minimum atomic E-state index is -0.792. The van der Waals surface area contributed by atoms with Crippen LogP contribution in [0.15, 0.2) is 35.3 Å². The molecule has 1 aromatic rings. The molecule has 1 amide bonds.